The van der Waals surface area contributed by atoms with Crippen LogP contribution in [0, 0.1) is 5.82 Å². The van der Waals surface area contributed by atoms with Gasteiger partial charge < -0.3 is 20.3 Å². The Morgan fingerprint density at radius 2 is 2.19 bits per heavy atom. The molecule has 0 fully saturated rings. The van der Waals surface area contributed by atoms with Gasteiger partial charge >= 0.3 is 0 Å². The summed E-state index contributed by atoms with van der Waals surface area (Å²) in [6, 6.07) is 4.33. The van der Waals surface area contributed by atoms with E-state index in [1.54, 1.807) is 13.1 Å². The third kappa shape index (κ3) is 4.14. The molecule has 0 bridgehead atoms. The predicted molar refractivity (Wildman–Crippen MR) is 57.8 cm³/mol. The van der Waals surface area contributed by atoms with Crippen molar-refractivity contribution in [2.24, 2.45) is 0 Å². The number of ether oxygens (including phenoxy) is 1. The van der Waals surface area contributed by atoms with Crippen molar-refractivity contribution in [1.29, 1.82) is 0 Å². The van der Waals surface area contributed by atoms with Crippen LogP contribution in [0.4, 0.5) is 4.39 Å². The second kappa shape index (κ2) is 6.42. The average Bonchev–Trinajstić information content (AvgIpc) is 2.25. The Labute approximate surface area is 93.7 Å². The number of hydrogen-bond donors (Lipinski definition) is 3. The van der Waals surface area contributed by atoms with Crippen molar-refractivity contribution in [3.63, 3.8) is 0 Å². The van der Waals surface area contributed by atoms with E-state index in [0.717, 1.165) is 5.56 Å². The minimum absolute atomic E-state index is 0.0566. The van der Waals surface area contributed by atoms with Gasteiger partial charge in [0.25, 0.3) is 0 Å². The Kier molecular flexibility index (Phi) is 5.18. The van der Waals surface area contributed by atoms with Crippen LogP contribution in [0.2, 0.25) is 0 Å². The number of rotatable bonds is 6. The van der Waals surface area contributed by atoms with Crippen molar-refractivity contribution in [2.45, 2.75) is 12.6 Å². The second-order valence-electron chi connectivity index (χ2n) is 3.47. The summed E-state index contributed by atoms with van der Waals surface area (Å²) in [6.45, 7) is 0.105. The van der Waals surface area contributed by atoms with Crippen molar-refractivity contribution in [3.05, 3.63) is 29.6 Å². The van der Waals surface area contributed by atoms with Crippen molar-refractivity contribution >= 4 is 0 Å². The molecule has 1 aromatic rings. The van der Waals surface area contributed by atoms with E-state index < -0.39 is 6.10 Å². The molecule has 4 nitrogen and oxygen atoms in total. The Balaban J connectivity index is 2.64. The molecule has 3 N–H and O–H groups in total. The highest BCUT2D eigenvalue weighted by molar-refractivity contribution is 5.29. The second-order valence-corrected chi connectivity index (χ2v) is 3.47. The Morgan fingerprint density at radius 3 is 2.81 bits per heavy atom. The summed E-state index contributed by atoms with van der Waals surface area (Å²) >= 11 is 0. The van der Waals surface area contributed by atoms with Gasteiger partial charge in [0.2, 0.25) is 0 Å². The molecule has 0 saturated carbocycles. The lowest BCUT2D eigenvalue weighted by Gasteiger charge is -2.11. The van der Waals surface area contributed by atoms with Gasteiger partial charge in [0.05, 0.1) is 6.61 Å². The van der Waals surface area contributed by atoms with Crippen LogP contribution in [0.5, 0.6) is 5.75 Å². The molecule has 0 aromatic heterocycles. The van der Waals surface area contributed by atoms with Crippen LogP contribution in [-0.2, 0) is 6.54 Å². The zero-order chi connectivity index (χ0) is 12.0. The van der Waals surface area contributed by atoms with Gasteiger partial charge in [-0.2, -0.15) is 0 Å². The summed E-state index contributed by atoms with van der Waals surface area (Å²) < 4.78 is 18.3. The van der Waals surface area contributed by atoms with Crippen LogP contribution >= 0.6 is 0 Å². The Morgan fingerprint density at radius 1 is 1.44 bits per heavy atom. The molecule has 0 radical (unpaired) electrons. The molecule has 0 heterocycles. The van der Waals surface area contributed by atoms with Crippen LogP contribution in [0.25, 0.3) is 0 Å². The smallest absolute Gasteiger partial charge is 0.127 e. The van der Waals surface area contributed by atoms with Crippen LogP contribution in [-0.4, -0.2) is 36.6 Å². The zero-order valence-electron chi connectivity index (χ0n) is 9.11. The molecule has 0 aliphatic rings. The van der Waals surface area contributed by atoms with Crippen LogP contribution < -0.4 is 10.1 Å². The maximum absolute atomic E-state index is 13.1. The highest BCUT2D eigenvalue weighted by Gasteiger charge is 2.05. The van der Waals surface area contributed by atoms with Gasteiger partial charge in [0, 0.05) is 12.6 Å². The van der Waals surface area contributed by atoms with Crippen LogP contribution in [0.15, 0.2) is 18.2 Å². The molecule has 0 amide bonds. The summed E-state index contributed by atoms with van der Waals surface area (Å²) in [4.78, 5) is 0. The molecule has 5 heteroatoms. The predicted octanol–water partition coefficient (Wildman–Crippen LogP) is 0.277. The number of hydrogen-bond acceptors (Lipinski definition) is 4. The quantitative estimate of drug-likeness (QED) is 0.655. The lowest BCUT2D eigenvalue weighted by molar-refractivity contribution is 0.0535. The molecule has 0 aliphatic carbocycles. The van der Waals surface area contributed by atoms with E-state index in [-0.39, 0.29) is 19.0 Å². The van der Waals surface area contributed by atoms with Crippen LogP contribution in [0.1, 0.15) is 5.56 Å². The topological polar surface area (TPSA) is 61.7 Å². The van der Waals surface area contributed by atoms with Crippen molar-refractivity contribution in [1.82, 2.24) is 5.32 Å². The first-order valence-electron chi connectivity index (χ1n) is 5.01. The first-order valence-corrected chi connectivity index (χ1v) is 5.01. The molecule has 16 heavy (non-hydrogen) atoms. The monoisotopic (exact) mass is 229 g/mol. The molecule has 0 saturated heterocycles. The maximum Gasteiger partial charge on any atom is 0.127 e. The van der Waals surface area contributed by atoms with Crippen molar-refractivity contribution in [3.8, 4) is 5.75 Å². The van der Waals surface area contributed by atoms with E-state index in [0.29, 0.717) is 12.3 Å². The molecular formula is C11H16FNO3. The largest absolute Gasteiger partial charge is 0.491 e. The number of nitrogens with one attached hydrogen (secondary N) is 1. The van der Waals surface area contributed by atoms with E-state index in [1.165, 1.54) is 12.1 Å². The summed E-state index contributed by atoms with van der Waals surface area (Å²) in [7, 11) is 1.76. The first-order chi connectivity index (χ1) is 7.65. The summed E-state index contributed by atoms with van der Waals surface area (Å²) in [6.07, 6.45) is -0.948. The maximum atomic E-state index is 13.1. The summed E-state index contributed by atoms with van der Waals surface area (Å²) in [5.41, 5.74) is 0.760. The normalized spacial score (nSPS) is 12.5. The van der Waals surface area contributed by atoms with E-state index in [9.17, 15) is 4.39 Å². The molecular weight excluding hydrogens is 213 g/mol. The lowest BCUT2D eigenvalue weighted by atomic mass is 10.2. The average molecular weight is 229 g/mol. The first kappa shape index (κ1) is 12.9. The highest BCUT2D eigenvalue weighted by Crippen LogP contribution is 2.16. The zero-order valence-corrected chi connectivity index (χ0v) is 9.11. The molecule has 0 aliphatic heterocycles. The SMILES string of the molecule is CNCc1cc(F)cc(OCC(O)CO)c1. The molecule has 1 rings (SSSR count). The molecule has 1 aromatic carbocycles. The number of halogens is 1. The van der Waals surface area contributed by atoms with Gasteiger partial charge in [-0.3, -0.25) is 0 Å². The van der Waals surface area contributed by atoms with Gasteiger partial charge in [-0.15, -0.1) is 0 Å². The fourth-order valence-electron chi connectivity index (χ4n) is 1.26. The number of benzene rings is 1. The summed E-state index contributed by atoms with van der Waals surface area (Å²) in [5.74, 6) is -0.0426. The molecule has 90 valence electrons. The van der Waals surface area contributed by atoms with Gasteiger partial charge in [0.15, 0.2) is 0 Å². The van der Waals surface area contributed by atoms with Gasteiger partial charge in [-0.25, -0.2) is 4.39 Å². The lowest BCUT2D eigenvalue weighted by Crippen LogP contribution is -2.21. The van der Waals surface area contributed by atoms with E-state index in [2.05, 4.69) is 5.32 Å². The fraction of sp³-hybridized carbons (Fsp3) is 0.455. The highest BCUT2D eigenvalue weighted by atomic mass is 19.1. The van der Waals surface area contributed by atoms with E-state index in [4.69, 9.17) is 14.9 Å². The Hall–Kier alpha value is -1.17. The molecule has 0 spiro atoms. The minimum Gasteiger partial charge on any atom is -0.491 e. The van der Waals surface area contributed by atoms with Crippen molar-refractivity contribution < 1.29 is 19.3 Å². The van der Waals surface area contributed by atoms with E-state index in [1.807, 2.05) is 0 Å². The third-order valence-corrected chi connectivity index (χ3v) is 1.97. The van der Waals surface area contributed by atoms with Gasteiger partial charge in [-0.1, -0.05) is 0 Å². The van der Waals surface area contributed by atoms with Gasteiger partial charge in [-0.05, 0) is 24.7 Å². The fourth-order valence-corrected chi connectivity index (χ4v) is 1.26. The summed E-state index contributed by atoms with van der Waals surface area (Å²) in [5, 5.41) is 20.6. The van der Waals surface area contributed by atoms with Gasteiger partial charge in [0.1, 0.15) is 24.3 Å². The number of aliphatic hydroxyl groups excluding tert-OH is 2. The third-order valence-electron chi connectivity index (χ3n) is 1.97. The van der Waals surface area contributed by atoms with Crippen molar-refractivity contribution in [2.75, 3.05) is 20.3 Å². The standard InChI is InChI=1S/C11H16FNO3/c1-13-5-8-2-9(12)4-11(3-8)16-7-10(15)6-14/h2-4,10,13-15H,5-7H2,1H3. The van der Waals surface area contributed by atoms with Crippen LogP contribution in [0.3, 0.4) is 0 Å². The minimum atomic E-state index is -0.948. The Bertz CT molecular complexity index is 333. The number of aliphatic hydroxyl groups is 2. The van der Waals surface area contributed by atoms with E-state index >= 15 is 0 Å². The molecule has 1 atom stereocenters. The molecule has 1 unspecified atom stereocenters.